The maximum Gasteiger partial charge on any atom is 0.335 e. The number of carbonyl (C=O) groups excluding carboxylic acids is 3. The van der Waals surface area contributed by atoms with E-state index in [1.807, 2.05) is 0 Å². The molecule has 2 aromatic rings. The summed E-state index contributed by atoms with van der Waals surface area (Å²) < 4.78 is 16.2. The summed E-state index contributed by atoms with van der Waals surface area (Å²) in [5.41, 5.74) is 0.608. The first-order valence-electron chi connectivity index (χ1n) is 8.36. The lowest BCUT2D eigenvalue weighted by atomic mass is 10.1. The van der Waals surface area contributed by atoms with Gasteiger partial charge in [-0.25, -0.2) is 9.69 Å². The topological polar surface area (TPSA) is 94.2 Å². The van der Waals surface area contributed by atoms with Crippen molar-refractivity contribution in [1.29, 1.82) is 0 Å². The minimum atomic E-state index is -0.825. The number of hydrogen-bond acceptors (Lipinski definition) is 6. The molecule has 1 heterocycles. The van der Waals surface area contributed by atoms with Gasteiger partial charge in [0, 0.05) is 4.47 Å². The van der Waals surface area contributed by atoms with Crippen LogP contribution in [0.4, 0.5) is 10.5 Å². The zero-order chi connectivity index (χ0) is 21.1. The molecule has 0 atom stereocenters. The van der Waals surface area contributed by atoms with Crippen molar-refractivity contribution in [2.75, 3.05) is 26.2 Å². The van der Waals surface area contributed by atoms with E-state index in [0.717, 1.165) is 4.90 Å². The summed E-state index contributed by atoms with van der Waals surface area (Å²) in [6.07, 6.45) is 1.38. The molecule has 9 heteroatoms. The first-order valence-corrected chi connectivity index (χ1v) is 9.16. The molecule has 4 amide bonds. The molecule has 1 aliphatic heterocycles. The standard InChI is InChI=1S/C20H17BrN2O6/c1-27-13-6-4-12(5-7-13)23-19(25)14(18(24)22-20(23)26)8-11-9-16(28-2)17(29-3)10-15(11)21/h4-10H,1-3H3,(H,22,24,26)/b14-8+. The van der Waals surface area contributed by atoms with Gasteiger partial charge in [0.15, 0.2) is 11.5 Å². The minimum absolute atomic E-state index is 0.201. The second-order valence-electron chi connectivity index (χ2n) is 5.88. The molecule has 29 heavy (non-hydrogen) atoms. The van der Waals surface area contributed by atoms with Crippen LogP contribution in [0.5, 0.6) is 17.2 Å². The first kappa shape index (κ1) is 20.4. The van der Waals surface area contributed by atoms with Crippen molar-refractivity contribution in [3.8, 4) is 17.2 Å². The highest BCUT2D eigenvalue weighted by Gasteiger charge is 2.37. The van der Waals surface area contributed by atoms with Crippen molar-refractivity contribution in [3.05, 3.63) is 52.0 Å². The number of nitrogens with zero attached hydrogens (tertiary/aromatic N) is 1. The normalized spacial score (nSPS) is 15.4. The second-order valence-corrected chi connectivity index (χ2v) is 6.74. The first-order chi connectivity index (χ1) is 13.9. The number of hydrogen-bond donors (Lipinski definition) is 1. The molecule has 0 aliphatic carbocycles. The molecule has 0 aromatic heterocycles. The Kier molecular flexibility index (Phi) is 5.88. The van der Waals surface area contributed by atoms with Gasteiger partial charge in [0.1, 0.15) is 11.3 Å². The zero-order valence-corrected chi connectivity index (χ0v) is 17.4. The second kappa shape index (κ2) is 8.36. The van der Waals surface area contributed by atoms with Gasteiger partial charge >= 0.3 is 6.03 Å². The Morgan fingerprint density at radius 2 is 1.55 bits per heavy atom. The van der Waals surface area contributed by atoms with Crippen LogP contribution in [0.3, 0.4) is 0 Å². The SMILES string of the molecule is COc1ccc(N2C(=O)NC(=O)/C(=C\c3cc(OC)c(OC)cc3Br)C2=O)cc1. The number of imide groups is 2. The van der Waals surface area contributed by atoms with Crippen LogP contribution in [0, 0.1) is 0 Å². The Morgan fingerprint density at radius 3 is 2.14 bits per heavy atom. The van der Waals surface area contributed by atoms with Crippen LogP contribution < -0.4 is 24.4 Å². The van der Waals surface area contributed by atoms with Gasteiger partial charge in [-0.2, -0.15) is 0 Å². The molecular weight excluding hydrogens is 444 g/mol. The van der Waals surface area contributed by atoms with E-state index < -0.39 is 17.8 Å². The summed E-state index contributed by atoms with van der Waals surface area (Å²) in [6, 6.07) is 8.77. The van der Waals surface area contributed by atoms with Crippen molar-refractivity contribution in [3.63, 3.8) is 0 Å². The van der Waals surface area contributed by atoms with Crippen LogP contribution in [0.2, 0.25) is 0 Å². The summed E-state index contributed by atoms with van der Waals surface area (Å²) in [6.45, 7) is 0. The van der Waals surface area contributed by atoms with Crippen molar-refractivity contribution in [2.24, 2.45) is 0 Å². The van der Waals surface area contributed by atoms with Gasteiger partial charge in [0.25, 0.3) is 11.8 Å². The number of urea groups is 1. The van der Waals surface area contributed by atoms with Gasteiger partial charge in [-0.1, -0.05) is 15.9 Å². The number of halogens is 1. The number of anilines is 1. The van der Waals surface area contributed by atoms with Crippen molar-refractivity contribution in [1.82, 2.24) is 5.32 Å². The largest absolute Gasteiger partial charge is 0.497 e. The lowest BCUT2D eigenvalue weighted by Crippen LogP contribution is -2.54. The molecule has 1 fully saturated rings. The fraction of sp³-hybridized carbons (Fsp3) is 0.150. The van der Waals surface area contributed by atoms with E-state index in [1.54, 1.807) is 36.4 Å². The van der Waals surface area contributed by atoms with E-state index in [9.17, 15) is 14.4 Å². The lowest BCUT2D eigenvalue weighted by molar-refractivity contribution is -0.122. The third kappa shape index (κ3) is 3.95. The Morgan fingerprint density at radius 1 is 0.931 bits per heavy atom. The number of amides is 4. The van der Waals surface area contributed by atoms with Crippen LogP contribution in [-0.2, 0) is 9.59 Å². The molecule has 150 valence electrons. The predicted octanol–water partition coefficient (Wildman–Crippen LogP) is 3.14. The summed E-state index contributed by atoms with van der Waals surface area (Å²) in [5, 5.41) is 2.18. The molecule has 1 aliphatic rings. The molecule has 1 N–H and O–H groups in total. The van der Waals surface area contributed by atoms with E-state index in [0.29, 0.717) is 33.0 Å². The highest BCUT2D eigenvalue weighted by molar-refractivity contribution is 9.10. The number of carbonyl (C=O) groups is 3. The molecular formula is C20H17BrN2O6. The summed E-state index contributed by atoms with van der Waals surface area (Å²) in [4.78, 5) is 38.5. The van der Waals surface area contributed by atoms with Crippen LogP contribution in [0.15, 0.2) is 46.4 Å². The number of nitrogens with one attached hydrogen (secondary N) is 1. The summed E-state index contributed by atoms with van der Waals surface area (Å²) in [5.74, 6) is -0.0537. The third-order valence-corrected chi connectivity index (χ3v) is 4.92. The van der Waals surface area contributed by atoms with Crippen LogP contribution >= 0.6 is 15.9 Å². The van der Waals surface area contributed by atoms with Gasteiger partial charge in [0.05, 0.1) is 27.0 Å². The predicted molar refractivity (Wildman–Crippen MR) is 109 cm³/mol. The zero-order valence-electron chi connectivity index (χ0n) is 15.8. The average Bonchev–Trinajstić information content (AvgIpc) is 2.72. The minimum Gasteiger partial charge on any atom is -0.497 e. The van der Waals surface area contributed by atoms with Gasteiger partial charge in [-0.15, -0.1) is 0 Å². The molecule has 0 bridgehead atoms. The highest BCUT2D eigenvalue weighted by Crippen LogP contribution is 2.35. The Balaban J connectivity index is 2.03. The molecule has 0 saturated carbocycles. The van der Waals surface area contributed by atoms with Crippen molar-refractivity contribution in [2.45, 2.75) is 0 Å². The number of rotatable bonds is 5. The number of benzene rings is 2. The molecule has 0 unspecified atom stereocenters. The smallest absolute Gasteiger partial charge is 0.335 e. The van der Waals surface area contributed by atoms with E-state index in [2.05, 4.69) is 21.2 Å². The van der Waals surface area contributed by atoms with E-state index in [1.165, 1.54) is 27.4 Å². The van der Waals surface area contributed by atoms with Crippen LogP contribution in [0.25, 0.3) is 6.08 Å². The Labute approximate surface area is 175 Å². The van der Waals surface area contributed by atoms with Gasteiger partial charge in [-0.05, 0) is 48.0 Å². The van der Waals surface area contributed by atoms with Crippen LogP contribution in [-0.4, -0.2) is 39.2 Å². The molecule has 1 saturated heterocycles. The quantitative estimate of drug-likeness (QED) is 0.543. The molecule has 3 rings (SSSR count). The van der Waals surface area contributed by atoms with E-state index in [4.69, 9.17) is 14.2 Å². The summed E-state index contributed by atoms with van der Waals surface area (Å²) >= 11 is 3.39. The van der Waals surface area contributed by atoms with E-state index >= 15 is 0 Å². The third-order valence-electron chi connectivity index (χ3n) is 4.24. The fourth-order valence-electron chi connectivity index (χ4n) is 2.76. The summed E-state index contributed by atoms with van der Waals surface area (Å²) in [7, 11) is 4.48. The van der Waals surface area contributed by atoms with Gasteiger partial charge < -0.3 is 14.2 Å². The van der Waals surface area contributed by atoms with Gasteiger partial charge in [0.2, 0.25) is 0 Å². The van der Waals surface area contributed by atoms with Gasteiger partial charge in [-0.3, -0.25) is 14.9 Å². The number of ether oxygens (including phenoxy) is 3. The van der Waals surface area contributed by atoms with Crippen molar-refractivity contribution >= 4 is 45.5 Å². The maximum atomic E-state index is 13.0. The molecule has 2 aromatic carbocycles. The molecule has 0 spiro atoms. The highest BCUT2D eigenvalue weighted by atomic mass is 79.9. The molecule has 0 radical (unpaired) electrons. The Hall–Kier alpha value is -3.33. The number of barbiturate groups is 1. The average molecular weight is 461 g/mol. The maximum absolute atomic E-state index is 13.0. The lowest BCUT2D eigenvalue weighted by Gasteiger charge is -2.26. The van der Waals surface area contributed by atoms with Crippen LogP contribution in [0.1, 0.15) is 5.56 Å². The fourth-order valence-corrected chi connectivity index (χ4v) is 3.20. The van der Waals surface area contributed by atoms with Crippen molar-refractivity contribution < 1.29 is 28.6 Å². The monoisotopic (exact) mass is 460 g/mol. The number of methoxy groups -OCH3 is 3. The Bertz CT molecular complexity index is 1020. The molecule has 8 nitrogen and oxygen atoms in total. The van der Waals surface area contributed by atoms with E-state index in [-0.39, 0.29) is 5.57 Å².